The van der Waals surface area contributed by atoms with E-state index in [9.17, 15) is 9.59 Å². The standard InChI is InChI=1S/C13H22N2O2/c1-9(10-6-4-5-7-14-10)15-11(16)8-13(2,3)12(15)17/h9-10,14H,4-8H2,1-3H3. The van der Waals surface area contributed by atoms with Gasteiger partial charge >= 0.3 is 0 Å². The lowest BCUT2D eigenvalue weighted by Crippen LogP contribution is -2.52. The van der Waals surface area contributed by atoms with Crippen molar-refractivity contribution in [3.8, 4) is 0 Å². The van der Waals surface area contributed by atoms with Crippen LogP contribution in [0.4, 0.5) is 0 Å². The highest BCUT2D eigenvalue weighted by atomic mass is 16.2. The number of piperidine rings is 1. The molecular weight excluding hydrogens is 216 g/mol. The van der Waals surface area contributed by atoms with E-state index in [1.165, 1.54) is 17.7 Å². The second kappa shape index (κ2) is 4.41. The molecule has 2 fully saturated rings. The molecule has 2 rings (SSSR count). The smallest absolute Gasteiger partial charge is 0.235 e. The quantitative estimate of drug-likeness (QED) is 0.738. The minimum absolute atomic E-state index is 0.0117. The maximum atomic E-state index is 12.2. The average Bonchev–Trinajstić information content (AvgIpc) is 2.49. The highest BCUT2D eigenvalue weighted by Gasteiger charge is 2.47. The Kier molecular flexibility index (Phi) is 3.25. The second-order valence-corrected chi connectivity index (χ2v) is 5.93. The van der Waals surface area contributed by atoms with E-state index < -0.39 is 5.41 Å². The molecule has 2 unspecified atom stereocenters. The SMILES string of the molecule is CC(C1CCCCN1)N1C(=O)CC(C)(C)C1=O. The van der Waals surface area contributed by atoms with Crippen molar-refractivity contribution in [3.63, 3.8) is 0 Å². The minimum Gasteiger partial charge on any atom is -0.312 e. The van der Waals surface area contributed by atoms with E-state index >= 15 is 0 Å². The number of hydrogen-bond donors (Lipinski definition) is 1. The van der Waals surface area contributed by atoms with Gasteiger partial charge in [0.05, 0.1) is 11.5 Å². The zero-order valence-corrected chi connectivity index (χ0v) is 11.0. The fourth-order valence-electron chi connectivity index (χ4n) is 2.86. The van der Waals surface area contributed by atoms with E-state index in [1.54, 1.807) is 0 Å². The van der Waals surface area contributed by atoms with Gasteiger partial charge in [-0.3, -0.25) is 14.5 Å². The zero-order chi connectivity index (χ0) is 12.6. The molecule has 0 aromatic rings. The Morgan fingerprint density at radius 1 is 1.35 bits per heavy atom. The number of nitrogens with zero attached hydrogens (tertiary/aromatic N) is 1. The Morgan fingerprint density at radius 2 is 2.06 bits per heavy atom. The molecule has 2 heterocycles. The van der Waals surface area contributed by atoms with Crippen LogP contribution < -0.4 is 5.32 Å². The van der Waals surface area contributed by atoms with Crippen LogP contribution in [0.1, 0.15) is 46.5 Å². The van der Waals surface area contributed by atoms with Crippen LogP contribution in [0.3, 0.4) is 0 Å². The lowest BCUT2D eigenvalue weighted by Gasteiger charge is -2.34. The van der Waals surface area contributed by atoms with Crippen LogP contribution in [0, 0.1) is 5.41 Å². The van der Waals surface area contributed by atoms with Gasteiger partial charge in [0.25, 0.3) is 0 Å². The van der Waals surface area contributed by atoms with Crippen LogP contribution in [0.25, 0.3) is 0 Å². The fraction of sp³-hybridized carbons (Fsp3) is 0.846. The molecule has 2 aliphatic heterocycles. The van der Waals surface area contributed by atoms with Crippen molar-refractivity contribution in [1.82, 2.24) is 10.2 Å². The molecule has 0 spiro atoms. The number of nitrogens with one attached hydrogen (secondary N) is 1. The van der Waals surface area contributed by atoms with Crippen molar-refractivity contribution >= 4 is 11.8 Å². The van der Waals surface area contributed by atoms with Crippen molar-refractivity contribution < 1.29 is 9.59 Å². The summed E-state index contributed by atoms with van der Waals surface area (Å²) in [6.45, 7) is 6.69. The molecule has 17 heavy (non-hydrogen) atoms. The minimum atomic E-state index is -0.514. The molecule has 2 atom stereocenters. The number of amides is 2. The first-order valence-electron chi connectivity index (χ1n) is 6.53. The summed E-state index contributed by atoms with van der Waals surface area (Å²) in [6.07, 6.45) is 3.78. The summed E-state index contributed by atoms with van der Waals surface area (Å²) in [4.78, 5) is 25.6. The van der Waals surface area contributed by atoms with Crippen molar-refractivity contribution in [2.45, 2.75) is 58.5 Å². The van der Waals surface area contributed by atoms with Gasteiger partial charge in [-0.1, -0.05) is 20.3 Å². The maximum absolute atomic E-state index is 12.2. The molecule has 0 radical (unpaired) electrons. The van der Waals surface area contributed by atoms with E-state index in [2.05, 4.69) is 5.32 Å². The summed E-state index contributed by atoms with van der Waals surface area (Å²) in [5.41, 5.74) is -0.514. The Labute approximate surface area is 103 Å². The molecule has 0 aliphatic carbocycles. The van der Waals surface area contributed by atoms with Crippen molar-refractivity contribution in [2.75, 3.05) is 6.54 Å². The van der Waals surface area contributed by atoms with Crippen molar-refractivity contribution in [2.24, 2.45) is 5.41 Å². The Balaban J connectivity index is 2.11. The van der Waals surface area contributed by atoms with E-state index in [0.717, 1.165) is 13.0 Å². The summed E-state index contributed by atoms with van der Waals surface area (Å²) >= 11 is 0. The number of carbonyl (C=O) groups is 2. The molecule has 4 nitrogen and oxygen atoms in total. The first kappa shape index (κ1) is 12.6. The predicted molar refractivity (Wildman–Crippen MR) is 65.4 cm³/mol. The van der Waals surface area contributed by atoms with Gasteiger partial charge in [0.2, 0.25) is 11.8 Å². The zero-order valence-electron chi connectivity index (χ0n) is 11.0. The van der Waals surface area contributed by atoms with E-state index in [4.69, 9.17) is 0 Å². The Hall–Kier alpha value is -0.900. The van der Waals surface area contributed by atoms with Gasteiger partial charge in [-0.05, 0) is 26.3 Å². The number of rotatable bonds is 2. The van der Waals surface area contributed by atoms with E-state index in [1.807, 2.05) is 20.8 Å². The molecule has 1 N–H and O–H groups in total. The lowest BCUT2D eigenvalue weighted by atomic mass is 9.91. The summed E-state index contributed by atoms with van der Waals surface area (Å²) < 4.78 is 0. The van der Waals surface area contributed by atoms with Gasteiger partial charge in [-0.15, -0.1) is 0 Å². The highest BCUT2D eigenvalue weighted by molar-refractivity contribution is 6.05. The Bertz CT molecular complexity index is 332. The van der Waals surface area contributed by atoms with Gasteiger partial charge in [0.15, 0.2) is 0 Å². The first-order valence-corrected chi connectivity index (χ1v) is 6.53. The first-order chi connectivity index (χ1) is 7.93. The molecule has 2 aliphatic rings. The number of likely N-dealkylation sites (tertiary alicyclic amines) is 1. The summed E-state index contributed by atoms with van der Waals surface area (Å²) in [6, 6.07) is 0.252. The summed E-state index contributed by atoms with van der Waals surface area (Å²) in [7, 11) is 0. The highest BCUT2D eigenvalue weighted by Crippen LogP contribution is 2.34. The van der Waals surface area contributed by atoms with Crippen molar-refractivity contribution in [3.05, 3.63) is 0 Å². The van der Waals surface area contributed by atoms with Crippen LogP contribution in [-0.4, -0.2) is 35.3 Å². The summed E-state index contributed by atoms with van der Waals surface area (Å²) in [5.74, 6) is -0.0257. The second-order valence-electron chi connectivity index (χ2n) is 5.93. The number of imide groups is 1. The molecule has 0 saturated carbocycles. The van der Waals surface area contributed by atoms with Crippen LogP contribution >= 0.6 is 0 Å². The van der Waals surface area contributed by atoms with Gasteiger partial charge in [0.1, 0.15) is 0 Å². The topological polar surface area (TPSA) is 49.4 Å². The van der Waals surface area contributed by atoms with Crippen LogP contribution in [0.5, 0.6) is 0 Å². The molecular formula is C13H22N2O2. The monoisotopic (exact) mass is 238 g/mol. The maximum Gasteiger partial charge on any atom is 0.235 e. The Morgan fingerprint density at radius 3 is 2.53 bits per heavy atom. The van der Waals surface area contributed by atoms with Gasteiger partial charge in [-0.25, -0.2) is 0 Å². The van der Waals surface area contributed by atoms with E-state index in [0.29, 0.717) is 6.42 Å². The van der Waals surface area contributed by atoms with E-state index in [-0.39, 0.29) is 23.9 Å². The third kappa shape index (κ3) is 2.23. The summed E-state index contributed by atoms with van der Waals surface area (Å²) in [5, 5.41) is 3.42. The predicted octanol–water partition coefficient (Wildman–Crippen LogP) is 1.30. The van der Waals surface area contributed by atoms with Crippen LogP contribution in [0.15, 0.2) is 0 Å². The molecule has 2 amide bonds. The molecule has 4 heteroatoms. The molecule has 0 bridgehead atoms. The number of hydrogen-bond acceptors (Lipinski definition) is 3. The molecule has 96 valence electrons. The fourth-order valence-corrected chi connectivity index (χ4v) is 2.86. The normalized spacial score (nSPS) is 30.8. The molecule has 0 aromatic heterocycles. The average molecular weight is 238 g/mol. The van der Waals surface area contributed by atoms with Gasteiger partial charge < -0.3 is 5.32 Å². The molecule has 2 saturated heterocycles. The molecule has 0 aromatic carbocycles. The third-order valence-corrected chi connectivity index (χ3v) is 4.00. The third-order valence-electron chi connectivity index (χ3n) is 4.00. The van der Waals surface area contributed by atoms with Crippen LogP contribution in [-0.2, 0) is 9.59 Å². The van der Waals surface area contributed by atoms with Crippen molar-refractivity contribution in [1.29, 1.82) is 0 Å². The van der Waals surface area contributed by atoms with Crippen LogP contribution in [0.2, 0.25) is 0 Å². The number of carbonyl (C=O) groups excluding carboxylic acids is 2. The largest absolute Gasteiger partial charge is 0.312 e. The van der Waals surface area contributed by atoms with Gasteiger partial charge in [-0.2, -0.15) is 0 Å². The van der Waals surface area contributed by atoms with Gasteiger partial charge in [0, 0.05) is 12.5 Å². The lowest BCUT2D eigenvalue weighted by molar-refractivity contribution is -0.144.